The van der Waals surface area contributed by atoms with Crippen LogP contribution in [-0.2, 0) is 17.8 Å². The highest BCUT2D eigenvalue weighted by atomic mass is 19.4. The first-order valence-electron chi connectivity index (χ1n) is 14.0. The van der Waals surface area contributed by atoms with Crippen LogP contribution in [0.1, 0.15) is 30.5 Å². The minimum atomic E-state index is -4.94. The number of hydrogen-bond donors (Lipinski definition) is 0. The first kappa shape index (κ1) is 31.8. The predicted molar refractivity (Wildman–Crippen MR) is 151 cm³/mol. The summed E-state index contributed by atoms with van der Waals surface area (Å²) in [6.07, 6.45) is -0.421. The van der Waals surface area contributed by atoms with Crippen LogP contribution in [0.25, 0.3) is 0 Å². The lowest BCUT2D eigenvalue weighted by Crippen LogP contribution is -2.55. The minimum Gasteiger partial charge on any atom is -0.467 e. The van der Waals surface area contributed by atoms with Crippen LogP contribution in [0.4, 0.5) is 29.1 Å². The Bertz CT molecular complexity index is 1340. The van der Waals surface area contributed by atoms with Crippen molar-refractivity contribution in [2.45, 2.75) is 44.6 Å². The molecule has 3 aliphatic rings. The van der Waals surface area contributed by atoms with Gasteiger partial charge in [0, 0.05) is 37.8 Å². The van der Waals surface area contributed by atoms with Gasteiger partial charge in [0.15, 0.2) is 5.75 Å². The maximum absolute atomic E-state index is 14.0. The molecule has 2 fully saturated rings. The highest BCUT2D eigenvalue weighted by Crippen LogP contribution is 2.38. The zero-order valence-corrected chi connectivity index (χ0v) is 24.2. The molecule has 0 radical (unpaired) electrons. The Balaban J connectivity index is 0.000000628. The third-order valence-electron chi connectivity index (χ3n) is 7.59. The van der Waals surface area contributed by atoms with E-state index < -0.39 is 17.9 Å². The summed E-state index contributed by atoms with van der Waals surface area (Å²) < 4.78 is 62.2. The Morgan fingerprint density at radius 2 is 1.91 bits per heavy atom. The van der Waals surface area contributed by atoms with Crippen molar-refractivity contribution in [1.29, 1.82) is 5.26 Å². The summed E-state index contributed by atoms with van der Waals surface area (Å²) in [4.78, 5) is 28.7. The number of carbonyl (C=O) groups is 1. The number of rotatable bonds is 6. The van der Waals surface area contributed by atoms with Gasteiger partial charge in [0.1, 0.15) is 11.6 Å². The number of carbonyl (C=O) groups excluding carboxylic acids is 1. The van der Waals surface area contributed by atoms with E-state index in [2.05, 4.69) is 39.3 Å². The molecule has 0 spiro atoms. The first-order chi connectivity index (χ1) is 20.5. The fourth-order valence-electron chi connectivity index (χ4n) is 5.51. The van der Waals surface area contributed by atoms with E-state index in [-0.39, 0.29) is 43.2 Å². The number of fused-ring (bicyclic) bond motifs is 1. The van der Waals surface area contributed by atoms with Crippen LogP contribution in [0, 0.1) is 17.1 Å². The molecule has 0 N–H and O–H groups in total. The molecule has 2 saturated heterocycles. The van der Waals surface area contributed by atoms with Gasteiger partial charge in [0.05, 0.1) is 43.6 Å². The average molecular weight is 606 g/mol. The van der Waals surface area contributed by atoms with E-state index in [1.54, 1.807) is 9.80 Å². The van der Waals surface area contributed by atoms with Crippen LogP contribution in [0.5, 0.6) is 11.8 Å². The molecule has 1 amide bonds. The third-order valence-corrected chi connectivity index (χ3v) is 7.59. The van der Waals surface area contributed by atoms with Crippen LogP contribution in [0.15, 0.2) is 30.9 Å². The number of aromatic nitrogens is 2. The smallest absolute Gasteiger partial charge is 0.467 e. The number of methoxy groups -OCH3 is 1. The number of anilines is 2. The molecule has 0 saturated carbocycles. The van der Waals surface area contributed by atoms with Gasteiger partial charge in [-0.15, -0.1) is 13.2 Å². The van der Waals surface area contributed by atoms with Crippen molar-refractivity contribution in [2.75, 3.05) is 63.2 Å². The van der Waals surface area contributed by atoms with Gasteiger partial charge in [-0.3, -0.25) is 4.79 Å². The van der Waals surface area contributed by atoms with Crippen molar-refractivity contribution >= 4 is 17.4 Å². The maximum atomic E-state index is 14.0. The topological polar surface area (TPSA) is 98.1 Å². The van der Waals surface area contributed by atoms with Gasteiger partial charge in [-0.2, -0.15) is 15.2 Å². The van der Waals surface area contributed by atoms with Gasteiger partial charge in [-0.05, 0) is 57.6 Å². The van der Waals surface area contributed by atoms with Crippen molar-refractivity contribution in [3.63, 3.8) is 0 Å². The summed E-state index contributed by atoms with van der Waals surface area (Å²) in [5, 5.41) is 9.28. The molecule has 14 heteroatoms. The molecule has 2 aromatic rings. The molecule has 4 heterocycles. The highest BCUT2D eigenvalue weighted by Gasteiger charge is 2.35. The van der Waals surface area contributed by atoms with Crippen molar-refractivity contribution in [3.05, 3.63) is 47.9 Å². The van der Waals surface area contributed by atoms with Crippen molar-refractivity contribution in [2.24, 2.45) is 0 Å². The summed E-state index contributed by atoms with van der Waals surface area (Å²) in [5.41, 5.74) is 1.23. The standard InChI is InChI=1S/C24H24F4N6O3.C5H11N/c1-3-21(35)34-11-10-33(13-16(34)6-8-29)22-17-7-9-32(14-18(17)30-23(31-22)36-2)19-12-15(25)4-5-20(19)37-24(26,27)28;1-6-4-2-3-5-6/h3-5,12,16H,1,6-7,9-11,13-14H2,2H3;2-5H2,1H3. The highest BCUT2D eigenvalue weighted by molar-refractivity contribution is 5.87. The van der Waals surface area contributed by atoms with Gasteiger partial charge < -0.3 is 29.1 Å². The molecule has 3 aliphatic heterocycles. The van der Waals surface area contributed by atoms with E-state index in [0.29, 0.717) is 37.6 Å². The second-order valence-corrected chi connectivity index (χ2v) is 10.5. The molecule has 1 unspecified atom stereocenters. The normalized spacial score (nSPS) is 18.7. The third kappa shape index (κ3) is 8.04. The Hall–Kier alpha value is -4.12. The number of nitrogens with zero attached hydrogens (tertiary/aromatic N) is 7. The Morgan fingerprint density at radius 1 is 1.16 bits per heavy atom. The number of piperazine rings is 1. The Kier molecular flexibility index (Phi) is 10.3. The second kappa shape index (κ2) is 13.9. The summed E-state index contributed by atoms with van der Waals surface area (Å²) in [7, 11) is 3.57. The van der Waals surface area contributed by atoms with Gasteiger partial charge in [-0.25, -0.2) is 4.39 Å². The van der Waals surface area contributed by atoms with Crippen LogP contribution in [0.3, 0.4) is 0 Å². The number of ether oxygens (including phenoxy) is 2. The molecule has 1 aromatic heterocycles. The Morgan fingerprint density at radius 3 is 2.51 bits per heavy atom. The number of amides is 1. The fraction of sp³-hybridized carbons (Fsp3) is 0.517. The summed E-state index contributed by atoms with van der Waals surface area (Å²) in [5.74, 6) is -0.904. The lowest BCUT2D eigenvalue weighted by Gasteiger charge is -2.42. The van der Waals surface area contributed by atoms with E-state index in [9.17, 15) is 27.6 Å². The van der Waals surface area contributed by atoms with Crippen LogP contribution in [-0.4, -0.2) is 91.5 Å². The molecule has 232 valence electrons. The molecule has 1 atom stereocenters. The lowest BCUT2D eigenvalue weighted by molar-refractivity contribution is -0.274. The molecule has 0 aliphatic carbocycles. The number of nitriles is 1. The van der Waals surface area contributed by atoms with Crippen LogP contribution >= 0.6 is 0 Å². The van der Waals surface area contributed by atoms with Gasteiger partial charge in [0.2, 0.25) is 5.91 Å². The van der Waals surface area contributed by atoms with Gasteiger partial charge in [-0.1, -0.05) is 6.58 Å². The first-order valence-corrected chi connectivity index (χ1v) is 14.0. The van der Waals surface area contributed by atoms with E-state index >= 15 is 0 Å². The second-order valence-electron chi connectivity index (χ2n) is 10.5. The summed E-state index contributed by atoms with van der Waals surface area (Å²) in [6.45, 7) is 7.62. The van der Waals surface area contributed by atoms with Crippen LogP contribution in [0.2, 0.25) is 0 Å². The number of benzene rings is 1. The van der Waals surface area contributed by atoms with Crippen LogP contribution < -0.4 is 19.3 Å². The largest absolute Gasteiger partial charge is 0.573 e. The number of halogens is 4. The zero-order chi connectivity index (χ0) is 31.1. The molecular formula is C29H35F4N7O3. The zero-order valence-electron chi connectivity index (χ0n) is 24.2. The molecule has 0 bridgehead atoms. The van der Waals surface area contributed by atoms with Gasteiger partial charge in [0.25, 0.3) is 0 Å². The van der Waals surface area contributed by atoms with Crippen molar-refractivity contribution in [1.82, 2.24) is 19.8 Å². The number of alkyl halides is 3. The number of likely N-dealkylation sites (tertiary alicyclic amines) is 1. The molecule has 1 aromatic carbocycles. The van der Waals surface area contributed by atoms with E-state index in [4.69, 9.17) is 4.74 Å². The Labute approximate surface area is 248 Å². The van der Waals surface area contributed by atoms with E-state index in [1.807, 2.05) is 4.90 Å². The minimum absolute atomic E-state index is 0.0484. The SMILES string of the molecule is C=CC(=O)N1CCN(c2nc(OC)nc3c2CCN(c2cc(F)ccc2OC(F)(F)F)C3)CC1CC#N.CN1CCCC1. The van der Waals surface area contributed by atoms with Gasteiger partial charge >= 0.3 is 12.4 Å². The molecule has 5 rings (SSSR count). The monoisotopic (exact) mass is 605 g/mol. The summed E-state index contributed by atoms with van der Waals surface area (Å²) >= 11 is 0. The molecule has 43 heavy (non-hydrogen) atoms. The molecule has 10 nitrogen and oxygen atoms in total. The quantitative estimate of drug-likeness (QED) is 0.359. The van der Waals surface area contributed by atoms with Crippen molar-refractivity contribution in [3.8, 4) is 17.8 Å². The maximum Gasteiger partial charge on any atom is 0.573 e. The van der Waals surface area contributed by atoms with E-state index in [1.165, 1.54) is 39.1 Å². The lowest BCUT2D eigenvalue weighted by atomic mass is 10.0. The predicted octanol–water partition coefficient (Wildman–Crippen LogP) is 3.91. The summed E-state index contributed by atoms with van der Waals surface area (Å²) in [6, 6.07) is 4.63. The number of hydrogen-bond acceptors (Lipinski definition) is 9. The fourth-order valence-corrected chi connectivity index (χ4v) is 5.51. The average Bonchev–Trinajstić information content (AvgIpc) is 3.47. The molecular weight excluding hydrogens is 570 g/mol. The van der Waals surface area contributed by atoms with Crippen molar-refractivity contribution < 1.29 is 31.8 Å². The van der Waals surface area contributed by atoms with E-state index in [0.717, 1.165) is 23.8 Å².